The molecule has 0 aliphatic rings. The maximum absolute atomic E-state index is 3.61. The van der Waals surface area contributed by atoms with Gasteiger partial charge in [-0.3, -0.25) is 0 Å². The quantitative estimate of drug-likeness (QED) is 0.840. The highest BCUT2D eigenvalue weighted by Gasteiger charge is 2.12. The predicted molar refractivity (Wildman–Crippen MR) is 87.2 cm³/mol. The molecular formula is C19H25N. The summed E-state index contributed by atoms with van der Waals surface area (Å²) in [5, 5.41) is 3.61. The molecule has 1 atom stereocenters. The van der Waals surface area contributed by atoms with Gasteiger partial charge in [-0.25, -0.2) is 0 Å². The molecule has 0 aliphatic heterocycles. The molecule has 1 heteroatoms. The number of hydrogen-bond donors (Lipinski definition) is 1. The molecule has 1 N–H and O–H groups in total. The Labute approximate surface area is 123 Å². The molecule has 0 fully saturated rings. The zero-order valence-corrected chi connectivity index (χ0v) is 13.0. The Hall–Kier alpha value is -1.60. The van der Waals surface area contributed by atoms with Crippen molar-refractivity contribution >= 4 is 0 Å². The van der Waals surface area contributed by atoms with Crippen molar-refractivity contribution in [1.82, 2.24) is 5.32 Å². The van der Waals surface area contributed by atoms with Crippen molar-refractivity contribution in [2.75, 3.05) is 6.54 Å². The van der Waals surface area contributed by atoms with Crippen LogP contribution in [0, 0.1) is 20.8 Å². The Morgan fingerprint density at radius 3 is 2.20 bits per heavy atom. The van der Waals surface area contributed by atoms with Crippen LogP contribution < -0.4 is 5.32 Å². The summed E-state index contributed by atoms with van der Waals surface area (Å²) in [5.41, 5.74) is 6.85. The second-order valence-electron chi connectivity index (χ2n) is 5.66. The fourth-order valence-electron chi connectivity index (χ4n) is 2.59. The fourth-order valence-corrected chi connectivity index (χ4v) is 2.59. The van der Waals surface area contributed by atoms with Gasteiger partial charge in [0.1, 0.15) is 0 Å². The normalized spacial score (nSPS) is 12.4. The highest BCUT2D eigenvalue weighted by molar-refractivity contribution is 5.33. The van der Waals surface area contributed by atoms with E-state index >= 15 is 0 Å². The molecule has 0 amide bonds. The predicted octanol–water partition coefficient (Wildman–Crippen LogP) is 4.51. The van der Waals surface area contributed by atoms with Gasteiger partial charge in [0.15, 0.2) is 0 Å². The topological polar surface area (TPSA) is 12.0 Å². The van der Waals surface area contributed by atoms with Gasteiger partial charge < -0.3 is 5.32 Å². The number of benzene rings is 2. The van der Waals surface area contributed by atoms with Crippen LogP contribution in [-0.2, 0) is 6.42 Å². The summed E-state index contributed by atoms with van der Waals surface area (Å²) < 4.78 is 0. The van der Waals surface area contributed by atoms with Gasteiger partial charge in [0.25, 0.3) is 0 Å². The maximum Gasteiger partial charge on any atom is 0.0360 e. The van der Waals surface area contributed by atoms with E-state index in [0.717, 1.165) is 13.0 Å². The van der Waals surface area contributed by atoms with Gasteiger partial charge in [0.05, 0.1) is 0 Å². The second kappa shape index (κ2) is 6.71. The van der Waals surface area contributed by atoms with Gasteiger partial charge in [-0.15, -0.1) is 0 Å². The molecule has 2 rings (SSSR count). The van der Waals surface area contributed by atoms with E-state index in [4.69, 9.17) is 0 Å². The van der Waals surface area contributed by atoms with Crippen molar-refractivity contribution in [1.29, 1.82) is 0 Å². The fraction of sp³-hybridized carbons (Fsp3) is 0.368. The highest BCUT2D eigenvalue weighted by Crippen LogP contribution is 2.22. The molecule has 20 heavy (non-hydrogen) atoms. The summed E-state index contributed by atoms with van der Waals surface area (Å²) in [6, 6.07) is 16.0. The molecule has 2 aromatic rings. The molecule has 0 saturated heterocycles. The molecule has 1 unspecified atom stereocenters. The van der Waals surface area contributed by atoms with E-state index in [1.807, 2.05) is 0 Å². The molecule has 1 nitrogen and oxygen atoms in total. The number of hydrogen-bond acceptors (Lipinski definition) is 1. The van der Waals surface area contributed by atoms with Crippen molar-refractivity contribution in [2.45, 2.75) is 40.2 Å². The van der Waals surface area contributed by atoms with Crippen molar-refractivity contribution < 1.29 is 0 Å². The van der Waals surface area contributed by atoms with Crippen molar-refractivity contribution in [2.24, 2.45) is 0 Å². The number of aryl methyl sites for hydroxylation is 3. The van der Waals surface area contributed by atoms with E-state index in [0.29, 0.717) is 6.04 Å². The van der Waals surface area contributed by atoms with E-state index in [2.05, 4.69) is 75.5 Å². The summed E-state index contributed by atoms with van der Waals surface area (Å²) in [7, 11) is 0. The SMILES string of the molecule is CCNC(Cc1cc(C)ccc1C)c1ccc(C)cc1. The van der Waals surface area contributed by atoms with Crippen molar-refractivity contribution in [3.05, 3.63) is 70.3 Å². The lowest BCUT2D eigenvalue weighted by atomic mass is 9.94. The molecule has 0 radical (unpaired) electrons. The zero-order chi connectivity index (χ0) is 14.5. The van der Waals surface area contributed by atoms with E-state index in [1.54, 1.807) is 0 Å². The Kier molecular flexibility index (Phi) is 4.97. The van der Waals surface area contributed by atoms with Crippen LogP contribution in [0.3, 0.4) is 0 Å². The zero-order valence-electron chi connectivity index (χ0n) is 13.0. The van der Waals surface area contributed by atoms with Crippen LogP contribution in [-0.4, -0.2) is 6.54 Å². The van der Waals surface area contributed by atoms with Gasteiger partial charge in [0, 0.05) is 6.04 Å². The van der Waals surface area contributed by atoms with Crippen LogP contribution in [0.15, 0.2) is 42.5 Å². The molecule has 0 heterocycles. The van der Waals surface area contributed by atoms with Crippen LogP contribution >= 0.6 is 0 Å². The minimum Gasteiger partial charge on any atom is -0.310 e. The summed E-state index contributed by atoms with van der Waals surface area (Å²) in [6.45, 7) is 9.66. The summed E-state index contributed by atoms with van der Waals surface area (Å²) >= 11 is 0. The third kappa shape index (κ3) is 3.71. The van der Waals surface area contributed by atoms with Crippen LogP contribution in [0.4, 0.5) is 0 Å². The lowest BCUT2D eigenvalue weighted by molar-refractivity contribution is 0.548. The largest absolute Gasteiger partial charge is 0.310 e. The number of rotatable bonds is 5. The third-order valence-corrected chi connectivity index (χ3v) is 3.86. The second-order valence-corrected chi connectivity index (χ2v) is 5.66. The van der Waals surface area contributed by atoms with Gasteiger partial charge in [0.2, 0.25) is 0 Å². The molecule has 0 aromatic heterocycles. The Morgan fingerprint density at radius 2 is 1.55 bits per heavy atom. The van der Waals surface area contributed by atoms with Gasteiger partial charge >= 0.3 is 0 Å². The van der Waals surface area contributed by atoms with Gasteiger partial charge in [-0.2, -0.15) is 0 Å². The molecule has 0 spiro atoms. The lowest BCUT2D eigenvalue weighted by Crippen LogP contribution is -2.23. The first-order valence-electron chi connectivity index (χ1n) is 7.46. The first-order chi connectivity index (χ1) is 9.60. The highest BCUT2D eigenvalue weighted by atomic mass is 14.9. The summed E-state index contributed by atoms with van der Waals surface area (Å²) in [5.74, 6) is 0. The molecule has 2 aromatic carbocycles. The van der Waals surface area contributed by atoms with E-state index in [9.17, 15) is 0 Å². The Bertz CT molecular complexity index is 554. The molecule has 0 bridgehead atoms. The summed E-state index contributed by atoms with van der Waals surface area (Å²) in [4.78, 5) is 0. The van der Waals surface area contributed by atoms with Crippen LogP contribution in [0.1, 0.15) is 40.8 Å². The van der Waals surface area contributed by atoms with Crippen LogP contribution in [0.5, 0.6) is 0 Å². The van der Waals surface area contributed by atoms with Gasteiger partial charge in [-0.1, -0.05) is 60.5 Å². The van der Waals surface area contributed by atoms with Crippen molar-refractivity contribution in [3.63, 3.8) is 0 Å². The summed E-state index contributed by atoms with van der Waals surface area (Å²) in [6.07, 6.45) is 1.05. The first kappa shape index (κ1) is 14.8. The molecule has 0 saturated carbocycles. The van der Waals surface area contributed by atoms with E-state index in [-0.39, 0.29) is 0 Å². The van der Waals surface area contributed by atoms with Gasteiger partial charge in [-0.05, 0) is 50.4 Å². The van der Waals surface area contributed by atoms with E-state index in [1.165, 1.54) is 27.8 Å². The average Bonchev–Trinajstić information content (AvgIpc) is 2.43. The number of likely N-dealkylation sites (N-methyl/N-ethyl adjacent to an activating group) is 1. The molecule has 0 aliphatic carbocycles. The smallest absolute Gasteiger partial charge is 0.0360 e. The molecule has 106 valence electrons. The minimum absolute atomic E-state index is 0.390. The minimum atomic E-state index is 0.390. The Balaban J connectivity index is 2.25. The monoisotopic (exact) mass is 267 g/mol. The van der Waals surface area contributed by atoms with E-state index < -0.39 is 0 Å². The number of nitrogens with one attached hydrogen (secondary N) is 1. The maximum atomic E-state index is 3.61. The lowest BCUT2D eigenvalue weighted by Gasteiger charge is -2.20. The standard InChI is InChI=1S/C19H25N/c1-5-20-19(17-10-7-14(2)8-11-17)13-18-12-15(3)6-9-16(18)4/h6-12,19-20H,5,13H2,1-4H3. The molecular weight excluding hydrogens is 242 g/mol. The van der Waals surface area contributed by atoms with Crippen LogP contribution in [0.2, 0.25) is 0 Å². The first-order valence-corrected chi connectivity index (χ1v) is 7.46. The Morgan fingerprint density at radius 1 is 0.900 bits per heavy atom. The third-order valence-electron chi connectivity index (χ3n) is 3.86. The van der Waals surface area contributed by atoms with Crippen LogP contribution in [0.25, 0.3) is 0 Å². The average molecular weight is 267 g/mol. The van der Waals surface area contributed by atoms with Crippen molar-refractivity contribution in [3.8, 4) is 0 Å².